The molecular weight excluding hydrogens is 394 g/mol. The zero-order chi connectivity index (χ0) is 19.7. The monoisotopic (exact) mass is 415 g/mol. The minimum Gasteiger partial charge on any atom is -0.376 e. The van der Waals surface area contributed by atoms with E-state index in [2.05, 4.69) is 34.8 Å². The molecule has 1 unspecified atom stereocenters. The van der Waals surface area contributed by atoms with Gasteiger partial charge in [0, 0.05) is 46.1 Å². The largest absolute Gasteiger partial charge is 0.376 e. The average molecular weight is 416 g/mol. The lowest BCUT2D eigenvalue weighted by Gasteiger charge is -2.14. The smallest absolute Gasteiger partial charge is 0.257 e. The number of anilines is 1. The Labute approximate surface area is 173 Å². The summed E-state index contributed by atoms with van der Waals surface area (Å²) in [7, 11) is 0. The first-order chi connectivity index (χ1) is 13.5. The number of aromatic nitrogens is 2. The number of nitrogens with zero attached hydrogens (tertiary/aromatic N) is 2. The number of nitrogens with one attached hydrogen (secondary N) is 1. The standard InChI is InChI=1S/C21H22ClN3O2S/c1-13-9-18(14(2)25(13)11-17-7-4-8-27-17)19-12-28-21(23-19)24-20(26)15-5-3-6-16(22)10-15/h3,5-6,9-10,12,17H,4,7-8,11H2,1-2H3,(H,23,24,26). The molecule has 0 saturated carbocycles. The van der Waals surface area contributed by atoms with Crippen LogP contribution in [0.4, 0.5) is 5.13 Å². The van der Waals surface area contributed by atoms with Crippen LogP contribution < -0.4 is 5.32 Å². The Morgan fingerprint density at radius 1 is 1.39 bits per heavy atom. The predicted molar refractivity (Wildman–Crippen MR) is 113 cm³/mol. The van der Waals surface area contributed by atoms with Crippen molar-refractivity contribution in [1.82, 2.24) is 9.55 Å². The fourth-order valence-corrected chi connectivity index (χ4v) is 4.48. The molecule has 1 aliphatic rings. The van der Waals surface area contributed by atoms with Gasteiger partial charge in [0.05, 0.1) is 11.8 Å². The van der Waals surface area contributed by atoms with Crippen molar-refractivity contribution in [1.29, 1.82) is 0 Å². The van der Waals surface area contributed by atoms with E-state index in [1.54, 1.807) is 24.3 Å². The third-order valence-electron chi connectivity index (χ3n) is 5.07. The summed E-state index contributed by atoms with van der Waals surface area (Å²) in [6.07, 6.45) is 2.54. The van der Waals surface area contributed by atoms with E-state index in [0.29, 0.717) is 21.8 Å². The quantitative estimate of drug-likeness (QED) is 0.614. The number of amides is 1. The van der Waals surface area contributed by atoms with Crippen LogP contribution in [0.15, 0.2) is 35.7 Å². The van der Waals surface area contributed by atoms with Gasteiger partial charge in [0.15, 0.2) is 5.13 Å². The van der Waals surface area contributed by atoms with Crippen LogP contribution in [0.5, 0.6) is 0 Å². The zero-order valence-electron chi connectivity index (χ0n) is 15.9. The van der Waals surface area contributed by atoms with E-state index >= 15 is 0 Å². The van der Waals surface area contributed by atoms with Crippen LogP contribution in [0.2, 0.25) is 5.02 Å². The highest BCUT2D eigenvalue weighted by Crippen LogP contribution is 2.31. The van der Waals surface area contributed by atoms with Crippen LogP contribution in [-0.4, -0.2) is 28.2 Å². The molecule has 3 aromatic rings. The third-order valence-corrected chi connectivity index (χ3v) is 6.06. The second kappa shape index (κ2) is 8.07. The molecule has 1 N–H and O–H groups in total. The lowest BCUT2D eigenvalue weighted by atomic mass is 10.2. The van der Waals surface area contributed by atoms with Crippen molar-refractivity contribution in [2.24, 2.45) is 0 Å². The fourth-order valence-electron chi connectivity index (χ4n) is 3.59. The molecule has 4 rings (SSSR count). The number of hydrogen-bond acceptors (Lipinski definition) is 4. The summed E-state index contributed by atoms with van der Waals surface area (Å²) >= 11 is 7.39. The Morgan fingerprint density at radius 3 is 3.00 bits per heavy atom. The van der Waals surface area contributed by atoms with Crippen molar-refractivity contribution in [3.8, 4) is 11.3 Å². The fraction of sp³-hybridized carbons (Fsp3) is 0.333. The topological polar surface area (TPSA) is 56.2 Å². The highest BCUT2D eigenvalue weighted by Gasteiger charge is 2.20. The van der Waals surface area contributed by atoms with Crippen molar-refractivity contribution in [2.45, 2.75) is 39.3 Å². The molecule has 3 heterocycles. The Bertz CT molecular complexity index is 1010. The summed E-state index contributed by atoms with van der Waals surface area (Å²) in [6.45, 7) is 5.96. The van der Waals surface area contributed by atoms with E-state index in [9.17, 15) is 4.79 Å². The maximum absolute atomic E-state index is 12.4. The molecule has 5 nitrogen and oxygen atoms in total. The molecule has 2 aromatic heterocycles. The minimum atomic E-state index is -0.216. The average Bonchev–Trinajstić information content (AvgIpc) is 3.40. The van der Waals surface area contributed by atoms with E-state index < -0.39 is 0 Å². The molecule has 0 bridgehead atoms. The van der Waals surface area contributed by atoms with Gasteiger partial charge in [-0.1, -0.05) is 17.7 Å². The van der Waals surface area contributed by atoms with Crippen molar-refractivity contribution in [2.75, 3.05) is 11.9 Å². The number of carbonyl (C=O) groups is 1. The van der Waals surface area contributed by atoms with Crippen LogP contribution in [0, 0.1) is 13.8 Å². The van der Waals surface area contributed by atoms with E-state index in [1.165, 1.54) is 22.7 Å². The molecule has 0 aliphatic carbocycles. The SMILES string of the molecule is Cc1cc(-c2csc(NC(=O)c3cccc(Cl)c3)n2)c(C)n1CC1CCCO1. The summed E-state index contributed by atoms with van der Waals surface area (Å²) in [4.78, 5) is 17.0. The van der Waals surface area contributed by atoms with Crippen molar-refractivity contribution in [3.63, 3.8) is 0 Å². The van der Waals surface area contributed by atoms with Crippen LogP contribution in [0.1, 0.15) is 34.6 Å². The molecule has 1 fully saturated rings. The number of halogens is 1. The van der Waals surface area contributed by atoms with Crippen LogP contribution in [0.3, 0.4) is 0 Å². The van der Waals surface area contributed by atoms with E-state index in [1.807, 2.05) is 5.38 Å². The normalized spacial score (nSPS) is 16.5. The highest BCUT2D eigenvalue weighted by atomic mass is 35.5. The Morgan fingerprint density at radius 2 is 2.25 bits per heavy atom. The van der Waals surface area contributed by atoms with Gasteiger partial charge in [0.2, 0.25) is 0 Å². The van der Waals surface area contributed by atoms with Gasteiger partial charge in [-0.3, -0.25) is 10.1 Å². The van der Waals surface area contributed by atoms with Crippen molar-refractivity contribution >= 4 is 34.0 Å². The van der Waals surface area contributed by atoms with Gasteiger partial charge in [-0.2, -0.15) is 0 Å². The van der Waals surface area contributed by atoms with Gasteiger partial charge in [0.1, 0.15) is 0 Å². The third kappa shape index (κ3) is 3.99. The lowest BCUT2D eigenvalue weighted by molar-refractivity contribution is 0.0962. The number of rotatable bonds is 5. The summed E-state index contributed by atoms with van der Waals surface area (Å²) in [5.74, 6) is -0.216. The van der Waals surface area contributed by atoms with Gasteiger partial charge in [-0.25, -0.2) is 4.98 Å². The lowest BCUT2D eigenvalue weighted by Crippen LogP contribution is -2.16. The van der Waals surface area contributed by atoms with Crippen LogP contribution in [0.25, 0.3) is 11.3 Å². The van der Waals surface area contributed by atoms with Gasteiger partial charge in [0.25, 0.3) is 5.91 Å². The second-order valence-electron chi connectivity index (χ2n) is 7.03. The summed E-state index contributed by atoms with van der Waals surface area (Å²) in [5, 5.41) is 5.94. The first-order valence-corrected chi connectivity index (χ1v) is 10.6. The molecule has 1 aliphatic heterocycles. The molecular formula is C21H22ClN3O2S. The molecule has 1 aromatic carbocycles. The van der Waals surface area contributed by atoms with Crippen molar-refractivity contribution in [3.05, 3.63) is 57.7 Å². The summed E-state index contributed by atoms with van der Waals surface area (Å²) in [5.41, 5.74) is 4.85. The summed E-state index contributed by atoms with van der Waals surface area (Å²) < 4.78 is 8.09. The van der Waals surface area contributed by atoms with E-state index in [0.717, 1.165) is 37.3 Å². The molecule has 146 valence electrons. The first-order valence-electron chi connectivity index (χ1n) is 9.32. The van der Waals surface area contributed by atoms with Gasteiger partial charge < -0.3 is 9.30 Å². The number of carbonyl (C=O) groups excluding carboxylic acids is 1. The Hall–Kier alpha value is -2.15. The molecule has 1 saturated heterocycles. The number of benzene rings is 1. The number of thiazole rings is 1. The molecule has 1 amide bonds. The molecule has 1 atom stereocenters. The Kier molecular flexibility index (Phi) is 5.53. The van der Waals surface area contributed by atoms with Crippen LogP contribution >= 0.6 is 22.9 Å². The van der Waals surface area contributed by atoms with Gasteiger partial charge >= 0.3 is 0 Å². The van der Waals surface area contributed by atoms with Crippen molar-refractivity contribution < 1.29 is 9.53 Å². The van der Waals surface area contributed by atoms with Gasteiger partial charge in [-0.05, 0) is 51.0 Å². The van der Waals surface area contributed by atoms with E-state index in [4.69, 9.17) is 16.3 Å². The maximum atomic E-state index is 12.4. The molecule has 0 spiro atoms. The predicted octanol–water partition coefficient (Wildman–Crippen LogP) is 5.31. The highest BCUT2D eigenvalue weighted by molar-refractivity contribution is 7.14. The molecule has 0 radical (unpaired) electrons. The number of ether oxygens (including phenoxy) is 1. The van der Waals surface area contributed by atoms with Crippen LogP contribution in [-0.2, 0) is 11.3 Å². The maximum Gasteiger partial charge on any atom is 0.257 e. The Balaban J connectivity index is 1.52. The zero-order valence-corrected chi connectivity index (χ0v) is 17.4. The second-order valence-corrected chi connectivity index (χ2v) is 8.33. The van der Waals surface area contributed by atoms with E-state index in [-0.39, 0.29) is 5.91 Å². The minimum absolute atomic E-state index is 0.216. The van der Waals surface area contributed by atoms with Gasteiger partial charge in [-0.15, -0.1) is 11.3 Å². The summed E-state index contributed by atoms with van der Waals surface area (Å²) in [6, 6.07) is 9.03. The molecule has 7 heteroatoms. The first kappa shape index (κ1) is 19.2. The number of hydrogen-bond donors (Lipinski definition) is 1. The number of aryl methyl sites for hydroxylation is 1. The molecule has 28 heavy (non-hydrogen) atoms.